The first-order chi connectivity index (χ1) is 8.59. The molecule has 0 heterocycles. The van der Waals surface area contributed by atoms with Crippen LogP contribution in [-0.4, -0.2) is 35.2 Å². The van der Waals surface area contributed by atoms with Crippen LogP contribution in [0.15, 0.2) is 0 Å². The maximum Gasteiger partial charge on any atom is 0.230 e. The van der Waals surface area contributed by atoms with Crippen LogP contribution in [0.2, 0.25) is 0 Å². The van der Waals surface area contributed by atoms with E-state index in [1.807, 2.05) is 0 Å². The van der Waals surface area contributed by atoms with Gasteiger partial charge >= 0.3 is 0 Å². The van der Waals surface area contributed by atoms with Crippen LogP contribution in [0.4, 0.5) is 0 Å². The Morgan fingerprint density at radius 2 is 2.06 bits per heavy atom. The van der Waals surface area contributed by atoms with Gasteiger partial charge < -0.3 is 10.4 Å². The largest absolute Gasteiger partial charge is 0.391 e. The van der Waals surface area contributed by atoms with Crippen LogP contribution in [0.1, 0.15) is 46.0 Å². The number of amides is 1. The predicted octanol–water partition coefficient (Wildman–Crippen LogP) is 2.43. The van der Waals surface area contributed by atoms with Crippen molar-refractivity contribution >= 4 is 17.7 Å². The molecule has 0 radical (unpaired) electrons. The average molecular weight is 273 g/mol. The first-order valence-electron chi connectivity index (χ1n) is 7.12. The number of hydrogen-bond donors (Lipinski definition) is 2. The minimum absolute atomic E-state index is 0.0563. The molecular formula is C14H27NO2S. The standard InChI is InChI=1S/C14H27NO2S/c1-11(2)7-8-18-10-14(17)15-9-13(16)12-5-3-4-6-12/h11-13,16H,3-10H2,1-2H3,(H,15,17). The van der Waals surface area contributed by atoms with Crippen molar-refractivity contribution in [3.63, 3.8) is 0 Å². The molecule has 1 unspecified atom stereocenters. The molecule has 1 amide bonds. The summed E-state index contributed by atoms with van der Waals surface area (Å²) in [6.07, 6.45) is 5.47. The van der Waals surface area contributed by atoms with E-state index in [2.05, 4.69) is 19.2 Å². The van der Waals surface area contributed by atoms with Gasteiger partial charge in [0.15, 0.2) is 0 Å². The van der Waals surface area contributed by atoms with Crippen LogP contribution in [0.3, 0.4) is 0 Å². The Labute approximate surface area is 115 Å². The second-order valence-corrected chi connectivity index (χ2v) is 6.76. The normalized spacial score (nSPS) is 18.2. The van der Waals surface area contributed by atoms with Crippen molar-refractivity contribution in [2.24, 2.45) is 11.8 Å². The predicted molar refractivity (Wildman–Crippen MR) is 77.8 cm³/mol. The minimum atomic E-state index is -0.350. The van der Waals surface area contributed by atoms with Gasteiger partial charge in [0, 0.05) is 6.54 Å². The van der Waals surface area contributed by atoms with Gasteiger partial charge in [-0.15, -0.1) is 0 Å². The molecule has 0 saturated heterocycles. The van der Waals surface area contributed by atoms with E-state index in [-0.39, 0.29) is 12.0 Å². The van der Waals surface area contributed by atoms with Gasteiger partial charge in [-0.2, -0.15) is 11.8 Å². The summed E-state index contributed by atoms with van der Waals surface area (Å²) in [5.74, 6) is 2.71. The van der Waals surface area contributed by atoms with E-state index in [4.69, 9.17) is 0 Å². The molecular weight excluding hydrogens is 246 g/mol. The number of rotatable bonds is 8. The van der Waals surface area contributed by atoms with Gasteiger partial charge in [-0.25, -0.2) is 0 Å². The van der Waals surface area contributed by atoms with Crippen LogP contribution < -0.4 is 5.32 Å². The molecule has 1 fully saturated rings. The van der Waals surface area contributed by atoms with E-state index >= 15 is 0 Å². The maximum atomic E-state index is 11.6. The zero-order chi connectivity index (χ0) is 13.4. The SMILES string of the molecule is CC(C)CCSCC(=O)NCC(O)C1CCCC1. The molecule has 1 aliphatic carbocycles. The molecule has 1 rings (SSSR count). The fourth-order valence-electron chi connectivity index (χ4n) is 2.26. The number of hydrogen-bond acceptors (Lipinski definition) is 3. The first kappa shape index (κ1) is 15.8. The molecule has 1 saturated carbocycles. The monoisotopic (exact) mass is 273 g/mol. The minimum Gasteiger partial charge on any atom is -0.391 e. The summed E-state index contributed by atoms with van der Waals surface area (Å²) in [4.78, 5) is 11.6. The van der Waals surface area contributed by atoms with E-state index in [0.717, 1.165) is 25.0 Å². The van der Waals surface area contributed by atoms with E-state index in [9.17, 15) is 9.90 Å². The number of carbonyl (C=O) groups is 1. The zero-order valence-electron chi connectivity index (χ0n) is 11.7. The summed E-state index contributed by atoms with van der Waals surface area (Å²) in [6, 6.07) is 0. The van der Waals surface area contributed by atoms with Gasteiger partial charge in [0.2, 0.25) is 5.91 Å². The Bertz CT molecular complexity index is 240. The maximum absolute atomic E-state index is 11.6. The molecule has 0 aliphatic heterocycles. The zero-order valence-corrected chi connectivity index (χ0v) is 12.5. The molecule has 0 bridgehead atoms. The van der Waals surface area contributed by atoms with Crippen LogP contribution in [0.5, 0.6) is 0 Å². The highest BCUT2D eigenvalue weighted by atomic mass is 32.2. The van der Waals surface area contributed by atoms with Crippen molar-refractivity contribution in [2.75, 3.05) is 18.1 Å². The van der Waals surface area contributed by atoms with Crippen molar-refractivity contribution in [3.8, 4) is 0 Å². The Morgan fingerprint density at radius 1 is 1.39 bits per heavy atom. The molecule has 0 spiro atoms. The van der Waals surface area contributed by atoms with Gasteiger partial charge in [0.25, 0.3) is 0 Å². The molecule has 1 atom stereocenters. The van der Waals surface area contributed by atoms with Crippen LogP contribution >= 0.6 is 11.8 Å². The van der Waals surface area contributed by atoms with Gasteiger partial charge in [-0.05, 0) is 36.9 Å². The smallest absolute Gasteiger partial charge is 0.230 e. The molecule has 3 nitrogen and oxygen atoms in total. The highest BCUT2D eigenvalue weighted by Gasteiger charge is 2.23. The fourth-order valence-corrected chi connectivity index (χ4v) is 3.33. The highest BCUT2D eigenvalue weighted by Crippen LogP contribution is 2.27. The summed E-state index contributed by atoms with van der Waals surface area (Å²) < 4.78 is 0. The molecule has 4 heteroatoms. The lowest BCUT2D eigenvalue weighted by Gasteiger charge is -2.18. The number of aliphatic hydroxyl groups excluding tert-OH is 1. The lowest BCUT2D eigenvalue weighted by Crippen LogP contribution is -2.36. The lowest BCUT2D eigenvalue weighted by molar-refractivity contribution is -0.119. The lowest BCUT2D eigenvalue weighted by atomic mass is 10.0. The molecule has 2 N–H and O–H groups in total. The Balaban J connectivity index is 2.02. The van der Waals surface area contributed by atoms with Crippen molar-refractivity contribution in [1.29, 1.82) is 0 Å². The van der Waals surface area contributed by atoms with Crippen LogP contribution in [0, 0.1) is 11.8 Å². The second-order valence-electron chi connectivity index (χ2n) is 5.65. The molecule has 0 aromatic heterocycles. The Kier molecular flexibility index (Phi) is 7.75. The van der Waals surface area contributed by atoms with E-state index < -0.39 is 0 Å². The molecule has 0 aromatic rings. The van der Waals surface area contributed by atoms with Crippen LogP contribution in [0.25, 0.3) is 0 Å². The molecule has 0 aromatic carbocycles. The molecule has 106 valence electrons. The van der Waals surface area contributed by atoms with Crippen LogP contribution in [-0.2, 0) is 4.79 Å². The van der Waals surface area contributed by atoms with Gasteiger partial charge in [0.05, 0.1) is 11.9 Å². The Hall–Kier alpha value is -0.220. The van der Waals surface area contributed by atoms with Crippen molar-refractivity contribution in [3.05, 3.63) is 0 Å². The second kappa shape index (κ2) is 8.81. The van der Waals surface area contributed by atoms with Crippen molar-refractivity contribution in [2.45, 2.75) is 52.1 Å². The summed E-state index contributed by atoms with van der Waals surface area (Å²) in [5, 5.41) is 12.8. The quantitative estimate of drug-likeness (QED) is 0.668. The number of aliphatic hydroxyl groups is 1. The van der Waals surface area contributed by atoms with Gasteiger partial charge in [-0.3, -0.25) is 4.79 Å². The number of nitrogens with one attached hydrogen (secondary N) is 1. The third-order valence-corrected chi connectivity index (χ3v) is 4.52. The summed E-state index contributed by atoms with van der Waals surface area (Å²) in [7, 11) is 0. The van der Waals surface area contributed by atoms with Crippen molar-refractivity contribution in [1.82, 2.24) is 5.32 Å². The summed E-state index contributed by atoms with van der Waals surface area (Å²) >= 11 is 1.68. The number of carbonyl (C=O) groups excluding carboxylic acids is 1. The van der Waals surface area contributed by atoms with E-state index in [1.165, 1.54) is 12.8 Å². The third kappa shape index (κ3) is 6.64. The number of thioether (sulfide) groups is 1. The van der Waals surface area contributed by atoms with Gasteiger partial charge in [-0.1, -0.05) is 26.7 Å². The fraction of sp³-hybridized carbons (Fsp3) is 0.929. The summed E-state index contributed by atoms with van der Waals surface area (Å²) in [5.41, 5.74) is 0. The summed E-state index contributed by atoms with van der Waals surface area (Å²) in [6.45, 7) is 4.81. The van der Waals surface area contributed by atoms with E-state index in [0.29, 0.717) is 24.1 Å². The highest BCUT2D eigenvalue weighted by molar-refractivity contribution is 7.99. The Morgan fingerprint density at radius 3 is 2.67 bits per heavy atom. The van der Waals surface area contributed by atoms with Gasteiger partial charge in [0.1, 0.15) is 0 Å². The molecule has 1 aliphatic rings. The van der Waals surface area contributed by atoms with Crippen molar-refractivity contribution < 1.29 is 9.90 Å². The molecule has 18 heavy (non-hydrogen) atoms. The van der Waals surface area contributed by atoms with E-state index in [1.54, 1.807) is 11.8 Å². The topological polar surface area (TPSA) is 49.3 Å². The third-order valence-electron chi connectivity index (χ3n) is 3.53. The first-order valence-corrected chi connectivity index (χ1v) is 8.27. The average Bonchev–Trinajstić information content (AvgIpc) is 2.85.